The molecule has 3 N–H and O–H groups in total. The number of hydrogen-bond acceptors (Lipinski definition) is 4. The molecule has 0 aliphatic carbocycles. The number of carbonyl (C=O) groups is 1. The number of rotatable bonds is 6. The highest BCUT2D eigenvalue weighted by molar-refractivity contribution is 7.09. The van der Waals surface area contributed by atoms with E-state index in [-0.39, 0.29) is 17.4 Å². The van der Waals surface area contributed by atoms with Gasteiger partial charge in [-0.3, -0.25) is 4.79 Å². The number of carbonyl (C=O) groups excluding carboxylic acids is 1. The lowest BCUT2D eigenvalue weighted by Crippen LogP contribution is -2.37. The lowest BCUT2D eigenvalue weighted by molar-refractivity contribution is -0.120. The summed E-state index contributed by atoms with van der Waals surface area (Å²) in [5, 5.41) is 5.77. The monoisotopic (exact) mass is 317 g/mol. The summed E-state index contributed by atoms with van der Waals surface area (Å²) in [6, 6.07) is 10.1. The number of nitrogens with one attached hydrogen (secondary N) is 1. The van der Waals surface area contributed by atoms with E-state index < -0.39 is 0 Å². The van der Waals surface area contributed by atoms with Crippen molar-refractivity contribution in [3.8, 4) is 0 Å². The van der Waals surface area contributed by atoms with Crippen LogP contribution >= 0.6 is 11.3 Å². The molecule has 118 valence electrons. The number of hydrogen-bond donors (Lipinski definition) is 2. The molecule has 4 nitrogen and oxygen atoms in total. The predicted octanol–water partition coefficient (Wildman–Crippen LogP) is 2.80. The number of amides is 1. The first kappa shape index (κ1) is 16.6. The van der Waals surface area contributed by atoms with Crippen LogP contribution < -0.4 is 11.1 Å². The second-order valence-corrected chi connectivity index (χ2v) is 7.06. The summed E-state index contributed by atoms with van der Waals surface area (Å²) < 4.78 is 0. The van der Waals surface area contributed by atoms with Crippen molar-refractivity contribution in [2.75, 3.05) is 6.54 Å². The van der Waals surface area contributed by atoms with Gasteiger partial charge in [0, 0.05) is 17.3 Å². The van der Waals surface area contributed by atoms with Gasteiger partial charge in [0.05, 0.1) is 18.2 Å². The van der Waals surface area contributed by atoms with Crippen molar-refractivity contribution in [2.24, 2.45) is 5.73 Å². The first-order valence-electron chi connectivity index (χ1n) is 7.40. The molecule has 5 heteroatoms. The molecule has 1 atom stereocenters. The zero-order valence-corrected chi connectivity index (χ0v) is 14.1. The SMILES string of the molecule is CC(N)c1nc(CC(=O)NCC(C)(C)c2ccccc2)cs1. The first-order chi connectivity index (χ1) is 10.4. The second-order valence-electron chi connectivity index (χ2n) is 6.17. The molecule has 0 aliphatic rings. The number of benzene rings is 1. The van der Waals surface area contributed by atoms with E-state index in [1.807, 2.05) is 30.5 Å². The molecule has 1 aromatic carbocycles. The van der Waals surface area contributed by atoms with Gasteiger partial charge in [-0.2, -0.15) is 0 Å². The van der Waals surface area contributed by atoms with Crippen molar-refractivity contribution in [1.29, 1.82) is 0 Å². The zero-order valence-electron chi connectivity index (χ0n) is 13.3. The van der Waals surface area contributed by atoms with E-state index in [0.29, 0.717) is 13.0 Å². The molecule has 1 unspecified atom stereocenters. The molecule has 0 bridgehead atoms. The van der Waals surface area contributed by atoms with Crippen molar-refractivity contribution in [3.05, 3.63) is 52.0 Å². The molecule has 1 heterocycles. The van der Waals surface area contributed by atoms with Crippen LogP contribution in [-0.2, 0) is 16.6 Å². The van der Waals surface area contributed by atoms with Crippen molar-refractivity contribution < 1.29 is 4.79 Å². The lowest BCUT2D eigenvalue weighted by Gasteiger charge is -2.25. The Bertz CT molecular complexity index is 620. The Morgan fingerprint density at radius 2 is 2.05 bits per heavy atom. The quantitative estimate of drug-likeness (QED) is 0.861. The van der Waals surface area contributed by atoms with Crippen molar-refractivity contribution in [3.63, 3.8) is 0 Å². The summed E-state index contributed by atoms with van der Waals surface area (Å²) in [6.45, 7) is 6.74. The van der Waals surface area contributed by atoms with Crippen LogP contribution in [0.2, 0.25) is 0 Å². The standard InChI is InChI=1S/C17H23N3OS/c1-12(18)16-20-14(10-22-16)9-15(21)19-11-17(2,3)13-7-5-4-6-8-13/h4-8,10,12H,9,11,18H2,1-3H3,(H,19,21). The Morgan fingerprint density at radius 1 is 1.36 bits per heavy atom. The topological polar surface area (TPSA) is 68.0 Å². The van der Waals surface area contributed by atoms with Crippen LogP contribution in [0, 0.1) is 0 Å². The third-order valence-corrected chi connectivity index (χ3v) is 4.68. The van der Waals surface area contributed by atoms with Crippen molar-refractivity contribution >= 4 is 17.2 Å². The molecule has 0 saturated heterocycles. The highest BCUT2D eigenvalue weighted by Crippen LogP contribution is 2.22. The summed E-state index contributed by atoms with van der Waals surface area (Å²) in [7, 11) is 0. The largest absolute Gasteiger partial charge is 0.355 e. The Hall–Kier alpha value is -1.72. The van der Waals surface area contributed by atoms with Gasteiger partial charge in [-0.25, -0.2) is 4.98 Å². The van der Waals surface area contributed by atoms with E-state index >= 15 is 0 Å². The van der Waals surface area contributed by atoms with Gasteiger partial charge in [-0.15, -0.1) is 11.3 Å². The molecular weight excluding hydrogens is 294 g/mol. The van der Waals surface area contributed by atoms with E-state index in [4.69, 9.17) is 5.73 Å². The summed E-state index contributed by atoms with van der Waals surface area (Å²) in [5.41, 5.74) is 7.68. The molecule has 2 aromatic rings. The van der Waals surface area contributed by atoms with Gasteiger partial charge in [-0.1, -0.05) is 44.2 Å². The molecule has 0 radical (unpaired) electrons. The van der Waals surface area contributed by atoms with Crippen LogP contribution in [0.25, 0.3) is 0 Å². The highest BCUT2D eigenvalue weighted by atomic mass is 32.1. The number of aromatic nitrogens is 1. The van der Waals surface area contributed by atoms with Gasteiger partial charge in [0.2, 0.25) is 5.91 Å². The van der Waals surface area contributed by atoms with Gasteiger partial charge in [0.1, 0.15) is 5.01 Å². The molecule has 0 fully saturated rings. The normalized spacial score (nSPS) is 12.9. The van der Waals surface area contributed by atoms with Gasteiger partial charge in [-0.05, 0) is 12.5 Å². The average molecular weight is 317 g/mol. The summed E-state index contributed by atoms with van der Waals surface area (Å²) in [5.74, 6) is -0.00877. The Kier molecular flexibility index (Phi) is 5.32. The lowest BCUT2D eigenvalue weighted by atomic mass is 9.84. The molecular formula is C17H23N3OS. The maximum absolute atomic E-state index is 12.1. The smallest absolute Gasteiger partial charge is 0.226 e. The Balaban J connectivity index is 1.89. The molecule has 22 heavy (non-hydrogen) atoms. The van der Waals surface area contributed by atoms with Crippen LogP contribution in [0.15, 0.2) is 35.7 Å². The van der Waals surface area contributed by atoms with Crippen LogP contribution in [0.4, 0.5) is 0 Å². The minimum absolute atomic E-state index is 0.00877. The fourth-order valence-corrected chi connectivity index (χ4v) is 2.93. The molecule has 0 aliphatic heterocycles. The Labute approximate surface area is 135 Å². The van der Waals surface area contributed by atoms with Crippen LogP contribution in [0.1, 0.15) is 43.1 Å². The van der Waals surface area contributed by atoms with E-state index in [1.54, 1.807) is 0 Å². The summed E-state index contributed by atoms with van der Waals surface area (Å²) in [6.07, 6.45) is 0.300. The minimum Gasteiger partial charge on any atom is -0.355 e. The van der Waals surface area contributed by atoms with Gasteiger partial charge in [0.15, 0.2) is 0 Å². The van der Waals surface area contributed by atoms with E-state index in [0.717, 1.165) is 10.7 Å². The molecule has 0 saturated carbocycles. The van der Waals surface area contributed by atoms with E-state index in [9.17, 15) is 4.79 Å². The minimum atomic E-state index is -0.101. The maximum atomic E-state index is 12.1. The Morgan fingerprint density at radius 3 is 2.64 bits per heavy atom. The number of thiazole rings is 1. The van der Waals surface area contributed by atoms with Gasteiger partial charge >= 0.3 is 0 Å². The molecule has 1 amide bonds. The summed E-state index contributed by atoms with van der Waals surface area (Å²) in [4.78, 5) is 16.5. The van der Waals surface area contributed by atoms with Gasteiger partial charge in [0.25, 0.3) is 0 Å². The van der Waals surface area contributed by atoms with Gasteiger partial charge < -0.3 is 11.1 Å². The molecule has 1 aromatic heterocycles. The predicted molar refractivity (Wildman–Crippen MR) is 90.9 cm³/mol. The molecule has 2 rings (SSSR count). The highest BCUT2D eigenvalue weighted by Gasteiger charge is 2.21. The number of nitrogens with zero attached hydrogens (tertiary/aromatic N) is 1. The first-order valence-corrected chi connectivity index (χ1v) is 8.28. The third kappa shape index (κ3) is 4.39. The number of nitrogens with two attached hydrogens (primary N) is 1. The maximum Gasteiger partial charge on any atom is 0.226 e. The zero-order chi connectivity index (χ0) is 16.2. The van der Waals surface area contributed by atoms with Crippen LogP contribution in [-0.4, -0.2) is 17.4 Å². The molecule has 0 spiro atoms. The van der Waals surface area contributed by atoms with Crippen molar-refractivity contribution in [1.82, 2.24) is 10.3 Å². The van der Waals surface area contributed by atoms with E-state index in [1.165, 1.54) is 16.9 Å². The van der Waals surface area contributed by atoms with Crippen LogP contribution in [0.5, 0.6) is 0 Å². The van der Waals surface area contributed by atoms with Crippen molar-refractivity contribution in [2.45, 2.75) is 38.6 Å². The van der Waals surface area contributed by atoms with Crippen LogP contribution in [0.3, 0.4) is 0 Å². The second kappa shape index (κ2) is 7.03. The fraction of sp³-hybridized carbons (Fsp3) is 0.412. The summed E-state index contributed by atoms with van der Waals surface area (Å²) >= 11 is 1.50. The average Bonchev–Trinajstić information content (AvgIpc) is 2.95. The third-order valence-electron chi connectivity index (χ3n) is 3.58. The fourth-order valence-electron chi connectivity index (χ4n) is 2.15. The van der Waals surface area contributed by atoms with E-state index in [2.05, 4.69) is 36.3 Å².